The van der Waals surface area contributed by atoms with Gasteiger partial charge in [0.15, 0.2) is 0 Å². The summed E-state index contributed by atoms with van der Waals surface area (Å²) in [7, 11) is 0. The van der Waals surface area contributed by atoms with Crippen molar-refractivity contribution in [2.45, 2.75) is 39.5 Å². The molecule has 4 heteroatoms. The number of amides is 1. The van der Waals surface area contributed by atoms with Crippen molar-refractivity contribution >= 4 is 11.9 Å². The third-order valence-electron chi connectivity index (χ3n) is 2.01. The Hall–Kier alpha value is -1.06. The van der Waals surface area contributed by atoms with Crippen LogP contribution in [0, 0.1) is 0 Å². The number of hydrogen-bond donors (Lipinski definition) is 1. The van der Waals surface area contributed by atoms with Crippen molar-refractivity contribution in [1.29, 1.82) is 0 Å². The molecule has 0 unspecified atom stereocenters. The minimum absolute atomic E-state index is 0.0654. The maximum absolute atomic E-state index is 11.5. The molecular formula is C10H19NO3. The second-order valence-corrected chi connectivity index (χ2v) is 3.22. The molecular weight excluding hydrogens is 182 g/mol. The number of carbonyl (C=O) groups is 2. The van der Waals surface area contributed by atoms with Crippen LogP contribution >= 0.6 is 0 Å². The number of carboxylic acids is 1. The summed E-state index contributed by atoms with van der Waals surface area (Å²) >= 11 is 0. The van der Waals surface area contributed by atoms with Gasteiger partial charge >= 0.3 is 5.97 Å². The Balaban J connectivity index is 3.74. The van der Waals surface area contributed by atoms with E-state index >= 15 is 0 Å². The molecule has 4 nitrogen and oxygen atoms in total. The fraction of sp³-hybridized carbons (Fsp3) is 0.800. The molecule has 0 heterocycles. The van der Waals surface area contributed by atoms with Crippen LogP contribution in [0.4, 0.5) is 0 Å². The summed E-state index contributed by atoms with van der Waals surface area (Å²) in [5.74, 6) is -0.771. The molecule has 0 saturated carbocycles. The average molecular weight is 201 g/mol. The van der Waals surface area contributed by atoms with Crippen LogP contribution in [0.1, 0.15) is 39.5 Å². The zero-order valence-corrected chi connectivity index (χ0v) is 8.95. The van der Waals surface area contributed by atoms with Gasteiger partial charge in [-0.25, -0.2) is 0 Å². The summed E-state index contributed by atoms with van der Waals surface area (Å²) < 4.78 is 0. The van der Waals surface area contributed by atoms with E-state index in [0.717, 1.165) is 13.0 Å². The summed E-state index contributed by atoms with van der Waals surface area (Å²) in [5, 5.41) is 8.40. The zero-order valence-electron chi connectivity index (χ0n) is 8.95. The highest BCUT2D eigenvalue weighted by Crippen LogP contribution is 2.01. The highest BCUT2D eigenvalue weighted by atomic mass is 16.4. The zero-order chi connectivity index (χ0) is 11.0. The predicted molar refractivity (Wildman–Crippen MR) is 54.0 cm³/mol. The monoisotopic (exact) mass is 201 g/mol. The first kappa shape index (κ1) is 12.9. The van der Waals surface area contributed by atoms with Gasteiger partial charge in [0.1, 0.15) is 0 Å². The summed E-state index contributed by atoms with van der Waals surface area (Å²) in [6.07, 6.45) is 1.81. The van der Waals surface area contributed by atoms with Crippen LogP contribution in [0.2, 0.25) is 0 Å². The van der Waals surface area contributed by atoms with Crippen LogP contribution in [-0.2, 0) is 9.59 Å². The highest BCUT2D eigenvalue weighted by Gasteiger charge is 2.10. The summed E-state index contributed by atoms with van der Waals surface area (Å²) in [6.45, 7) is 5.43. The Kier molecular flexibility index (Phi) is 6.80. The van der Waals surface area contributed by atoms with Gasteiger partial charge in [0.25, 0.3) is 0 Å². The van der Waals surface area contributed by atoms with Gasteiger partial charge in [-0.1, -0.05) is 6.92 Å². The maximum atomic E-state index is 11.5. The van der Waals surface area contributed by atoms with E-state index in [2.05, 4.69) is 0 Å². The Morgan fingerprint density at radius 1 is 1.21 bits per heavy atom. The van der Waals surface area contributed by atoms with E-state index < -0.39 is 5.97 Å². The van der Waals surface area contributed by atoms with Crippen molar-refractivity contribution in [2.24, 2.45) is 0 Å². The molecule has 82 valence electrons. The molecule has 0 aliphatic carbocycles. The topological polar surface area (TPSA) is 57.6 Å². The summed E-state index contributed by atoms with van der Waals surface area (Å²) in [6, 6.07) is 0. The largest absolute Gasteiger partial charge is 0.481 e. The molecule has 0 aromatic heterocycles. The van der Waals surface area contributed by atoms with Gasteiger partial charge in [-0.2, -0.15) is 0 Å². The van der Waals surface area contributed by atoms with Crippen molar-refractivity contribution in [3.05, 3.63) is 0 Å². The second-order valence-electron chi connectivity index (χ2n) is 3.22. The normalized spacial score (nSPS) is 9.86. The number of nitrogens with zero attached hydrogens (tertiary/aromatic N) is 1. The van der Waals surface area contributed by atoms with E-state index in [4.69, 9.17) is 5.11 Å². The molecule has 0 aromatic carbocycles. The van der Waals surface area contributed by atoms with Crippen LogP contribution in [0.25, 0.3) is 0 Å². The van der Waals surface area contributed by atoms with E-state index in [9.17, 15) is 9.59 Å². The molecule has 1 amide bonds. The molecule has 0 aromatic rings. The van der Waals surface area contributed by atoms with Gasteiger partial charge in [-0.3, -0.25) is 9.59 Å². The first-order chi connectivity index (χ1) is 6.61. The van der Waals surface area contributed by atoms with Gasteiger partial charge in [0.2, 0.25) is 5.91 Å². The van der Waals surface area contributed by atoms with Crippen molar-refractivity contribution in [1.82, 2.24) is 4.90 Å². The lowest BCUT2D eigenvalue weighted by Gasteiger charge is -2.19. The molecule has 0 fully saturated rings. The predicted octanol–water partition coefficient (Wildman–Crippen LogP) is 1.50. The van der Waals surface area contributed by atoms with E-state index in [1.165, 1.54) is 0 Å². The lowest BCUT2D eigenvalue weighted by Crippen LogP contribution is -2.31. The second kappa shape index (κ2) is 7.35. The van der Waals surface area contributed by atoms with E-state index in [1.54, 1.807) is 4.90 Å². The molecule has 0 rings (SSSR count). The highest BCUT2D eigenvalue weighted by molar-refractivity contribution is 5.76. The average Bonchev–Trinajstić information content (AvgIpc) is 2.13. The third kappa shape index (κ3) is 5.56. The molecule has 1 N–H and O–H groups in total. The van der Waals surface area contributed by atoms with E-state index in [1.807, 2.05) is 13.8 Å². The van der Waals surface area contributed by atoms with Gasteiger partial charge in [-0.05, 0) is 19.8 Å². The number of hydrogen-bond acceptors (Lipinski definition) is 2. The third-order valence-corrected chi connectivity index (χ3v) is 2.01. The summed E-state index contributed by atoms with van der Waals surface area (Å²) in [4.78, 5) is 23.5. The standard InChI is InChI=1S/C10H19NO3/c1-3-8-11(4-2)9(12)6-5-7-10(13)14/h3-8H2,1-2H3,(H,13,14). The minimum atomic E-state index is -0.837. The molecule has 0 saturated heterocycles. The van der Waals surface area contributed by atoms with Crippen LogP contribution in [0.15, 0.2) is 0 Å². The number of aliphatic carboxylic acids is 1. The Bertz CT molecular complexity index is 192. The van der Waals surface area contributed by atoms with Gasteiger partial charge in [0.05, 0.1) is 0 Å². The maximum Gasteiger partial charge on any atom is 0.303 e. The lowest BCUT2D eigenvalue weighted by atomic mass is 10.2. The first-order valence-corrected chi connectivity index (χ1v) is 5.11. The van der Waals surface area contributed by atoms with Crippen LogP contribution in [0.3, 0.4) is 0 Å². The van der Waals surface area contributed by atoms with E-state index in [0.29, 0.717) is 19.4 Å². The van der Waals surface area contributed by atoms with Gasteiger partial charge < -0.3 is 10.0 Å². The van der Waals surface area contributed by atoms with Crippen LogP contribution in [-0.4, -0.2) is 35.0 Å². The molecule has 0 spiro atoms. The number of carbonyl (C=O) groups excluding carboxylic acids is 1. The van der Waals surface area contributed by atoms with E-state index in [-0.39, 0.29) is 12.3 Å². The first-order valence-electron chi connectivity index (χ1n) is 5.11. The molecule has 0 aliphatic heterocycles. The number of carboxylic acid groups (broad SMARTS) is 1. The Labute approximate surface area is 84.9 Å². The molecule has 0 aliphatic rings. The molecule has 0 radical (unpaired) electrons. The molecule has 14 heavy (non-hydrogen) atoms. The summed E-state index contributed by atoms with van der Waals surface area (Å²) in [5.41, 5.74) is 0. The molecule has 0 atom stereocenters. The quantitative estimate of drug-likeness (QED) is 0.679. The smallest absolute Gasteiger partial charge is 0.303 e. The van der Waals surface area contributed by atoms with Crippen molar-refractivity contribution in [3.8, 4) is 0 Å². The number of rotatable bonds is 7. The Morgan fingerprint density at radius 2 is 1.86 bits per heavy atom. The van der Waals surface area contributed by atoms with Crippen LogP contribution < -0.4 is 0 Å². The lowest BCUT2D eigenvalue weighted by molar-refractivity contribution is -0.137. The van der Waals surface area contributed by atoms with Crippen molar-refractivity contribution < 1.29 is 14.7 Å². The minimum Gasteiger partial charge on any atom is -0.481 e. The fourth-order valence-electron chi connectivity index (χ4n) is 1.28. The molecule has 0 bridgehead atoms. The Morgan fingerprint density at radius 3 is 2.29 bits per heavy atom. The van der Waals surface area contributed by atoms with Gasteiger partial charge in [0, 0.05) is 25.9 Å². The van der Waals surface area contributed by atoms with Crippen molar-refractivity contribution in [2.75, 3.05) is 13.1 Å². The fourth-order valence-corrected chi connectivity index (χ4v) is 1.28. The SMILES string of the molecule is CCCN(CC)C(=O)CCCC(=O)O. The van der Waals surface area contributed by atoms with Crippen LogP contribution in [0.5, 0.6) is 0 Å². The van der Waals surface area contributed by atoms with Crippen molar-refractivity contribution in [3.63, 3.8) is 0 Å². The van der Waals surface area contributed by atoms with Gasteiger partial charge in [-0.15, -0.1) is 0 Å².